The van der Waals surface area contributed by atoms with Crippen LogP contribution in [0.15, 0.2) is 71.6 Å². The Morgan fingerprint density at radius 1 is 0.914 bits per heavy atom. The monoisotopic (exact) mass is 558 g/mol. The smallest absolute Gasteiger partial charge is 0.330 e. The molecule has 0 radical (unpaired) electrons. The van der Waals surface area contributed by atoms with E-state index >= 15 is 0 Å². The standard InChI is InChI=1S/C22H15Cl2F3N4O2S2/c23-17-10-9-15(11-18(17)24)35(32,33)28-12-13-5-7-14(8-6-13)20-30-31-21(34-20)29-19-4-2-1-3-16(19)22(25,26)27/h1-11,28H,12H2,(H,29,31). The largest absolute Gasteiger partial charge is 0.418 e. The first-order valence-electron chi connectivity index (χ1n) is 9.84. The van der Waals surface area contributed by atoms with E-state index in [9.17, 15) is 21.6 Å². The minimum atomic E-state index is -4.51. The molecule has 182 valence electrons. The van der Waals surface area contributed by atoms with E-state index in [2.05, 4.69) is 20.2 Å². The van der Waals surface area contributed by atoms with Gasteiger partial charge >= 0.3 is 6.18 Å². The lowest BCUT2D eigenvalue weighted by Gasteiger charge is -2.12. The SMILES string of the molecule is O=S(=O)(NCc1ccc(-c2nnc(Nc3ccccc3C(F)(F)F)s2)cc1)c1ccc(Cl)c(Cl)c1. The maximum atomic E-state index is 13.2. The van der Waals surface area contributed by atoms with E-state index in [1.165, 1.54) is 36.4 Å². The normalized spacial score (nSPS) is 12.0. The summed E-state index contributed by atoms with van der Waals surface area (Å²) in [7, 11) is -3.80. The quantitative estimate of drug-likeness (QED) is 0.262. The van der Waals surface area contributed by atoms with Gasteiger partial charge in [0.1, 0.15) is 5.01 Å². The van der Waals surface area contributed by atoms with Gasteiger partial charge < -0.3 is 5.32 Å². The van der Waals surface area contributed by atoms with Crippen molar-refractivity contribution in [1.82, 2.24) is 14.9 Å². The second-order valence-electron chi connectivity index (χ2n) is 7.18. The molecule has 4 aromatic rings. The lowest BCUT2D eigenvalue weighted by Crippen LogP contribution is -2.23. The molecule has 0 saturated heterocycles. The zero-order valence-electron chi connectivity index (χ0n) is 17.5. The highest BCUT2D eigenvalue weighted by Crippen LogP contribution is 2.37. The molecule has 6 nitrogen and oxygen atoms in total. The molecule has 0 aliphatic carbocycles. The van der Waals surface area contributed by atoms with Crippen LogP contribution >= 0.6 is 34.5 Å². The van der Waals surface area contributed by atoms with Crippen molar-refractivity contribution < 1.29 is 21.6 Å². The number of nitrogens with one attached hydrogen (secondary N) is 2. The predicted molar refractivity (Wildman–Crippen MR) is 131 cm³/mol. The van der Waals surface area contributed by atoms with Gasteiger partial charge in [-0.05, 0) is 35.9 Å². The van der Waals surface area contributed by atoms with Gasteiger partial charge in [-0.25, -0.2) is 13.1 Å². The van der Waals surface area contributed by atoms with Crippen molar-refractivity contribution in [3.63, 3.8) is 0 Å². The second kappa shape index (κ2) is 10.1. The topological polar surface area (TPSA) is 84.0 Å². The Balaban J connectivity index is 1.43. The molecule has 13 heteroatoms. The summed E-state index contributed by atoms with van der Waals surface area (Å²) in [5, 5.41) is 11.7. The van der Waals surface area contributed by atoms with Crippen LogP contribution in [0.1, 0.15) is 11.1 Å². The third kappa shape index (κ3) is 6.11. The number of sulfonamides is 1. The van der Waals surface area contributed by atoms with Gasteiger partial charge in [0.25, 0.3) is 0 Å². The summed E-state index contributed by atoms with van der Waals surface area (Å²) in [6.45, 7) is 0.0278. The van der Waals surface area contributed by atoms with Crippen LogP contribution in [0.5, 0.6) is 0 Å². The number of para-hydroxylation sites is 1. The summed E-state index contributed by atoms with van der Waals surface area (Å²) in [5.41, 5.74) is 0.437. The molecule has 0 unspecified atom stereocenters. The molecule has 3 aromatic carbocycles. The van der Waals surface area contributed by atoms with Crippen molar-refractivity contribution in [2.75, 3.05) is 5.32 Å². The summed E-state index contributed by atoms with van der Waals surface area (Å²) in [6, 6.07) is 16.0. The molecule has 0 aliphatic rings. The Kier molecular flexibility index (Phi) is 7.34. The van der Waals surface area contributed by atoms with Gasteiger partial charge in [-0.2, -0.15) is 13.2 Å². The number of hydrogen-bond acceptors (Lipinski definition) is 6. The van der Waals surface area contributed by atoms with Crippen molar-refractivity contribution >= 4 is 55.4 Å². The van der Waals surface area contributed by atoms with Crippen LogP contribution in [0.3, 0.4) is 0 Å². The molecule has 0 aliphatic heterocycles. The molecule has 0 atom stereocenters. The Hall–Kier alpha value is -2.70. The summed E-state index contributed by atoms with van der Waals surface area (Å²) < 4.78 is 67.1. The minimum Gasteiger partial charge on any atom is -0.330 e. The fourth-order valence-corrected chi connectivity index (χ4v) is 5.18. The van der Waals surface area contributed by atoms with Gasteiger partial charge in [-0.1, -0.05) is 70.9 Å². The maximum absolute atomic E-state index is 13.2. The van der Waals surface area contributed by atoms with Crippen LogP contribution in [0.2, 0.25) is 10.0 Å². The van der Waals surface area contributed by atoms with Crippen LogP contribution in [-0.2, 0) is 22.7 Å². The van der Waals surface area contributed by atoms with Crippen molar-refractivity contribution in [3.05, 3.63) is 87.9 Å². The van der Waals surface area contributed by atoms with Gasteiger partial charge in [0.05, 0.1) is 26.2 Å². The van der Waals surface area contributed by atoms with Crippen LogP contribution in [-0.4, -0.2) is 18.6 Å². The highest BCUT2D eigenvalue weighted by molar-refractivity contribution is 7.89. The average molecular weight is 559 g/mol. The zero-order chi connectivity index (χ0) is 25.2. The summed E-state index contributed by atoms with van der Waals surface area (Å²) >= 11 is 12.8. The molecular weight excluding hydrogens is 544 g/mol. The van der Waals surface area contributed by atoms with Gasteiger partial charge in [0.2, 0.25) is 15.2 Å². The molecule has 0 spiro atoms. The predicted octanol–water partition coefficient (Wildman–Crippen LogP) is 6.75. The molecule has 4 rings (SSSR count). The third-order valence-electron chi connectivity index (χ3n) is 4.77. The number of halogens is 5. The number of rotatable bonds is 7. The molecular formula is C22H15Cl2F3N4O2S2. The molecule has 1 heterocycles. The van der Waals surface area contributed by atoms with E-state index in [0.717, 1.165) is 17.4 Å². The van der Waals surface area contributed by atoms with Gasteiger partial charge in [-0.15, -0.1) is 10.2 Å². The first kappa shape index (κ1) is 25.4. The van der Waals surface area contributed by atoms with E-state index in [-0.39, 0.29) is 32.3 Å². The Morgan fingerprint density at radius 2 is 1.63 bits per heavy atom. The Bertz CT molecular complexity index is 1460. The fraction of sp³-hybridized carbons (Fsp3) is 0.0909. The molecule has 1 aromatic heterocycles. The van der Waals surface area contributed by atoms with E-state index < -0.39 is 21.8 Å². The lowest BCUT2D eigenvalue weighted by atomic mass is 10.1. The summed E-state index contributed by atoms with van der Waals surface area (Å²) in [4.78, 5) is -0.00972. The van der Waals surface area contributed by atoms with Crippen molar-refractivity contribution in [2.45, 2.75) is 17.6 Å². The number of alkyl halides is 3. The molecule has 0 fully saturated rings. The molecule has 35 heavy (non-hydrogen) atoms. The van der Waals surface area contributed by atoms with Crippen LogP contribution in [0.25, 0.3) is 10.6 Å². The van der Waals surface area contributed by atoms with Gasteiger partial charge in [0.15, 0.2) is 0 Å². The van der Waals surface area contributed by atoms with Crippen LogP contribution < -0.4 is 10.0 Å². The second-order valence-corrected chi connectivity index (χ2v) is 10.7. The minimum absolute atomic E-state index is 0.00972. The Labute approximate surface area is 212 Å². The van der Waals surface area contributed by atoms with E-state index in [1.807, 2.05) is 0 Å². The first-order chi connectivity index (χ1) is 16.5. The number of nitrogens with zero attached hydrogens (tertiary/aromatic N) is 2. The summed E-state index contributed by atoms with van der Waals surface area (Å²) in [5.74, 6) is 0. The molecule has 0 amide bonds. The third-order valence-corrected chi connectivity index (χ3v) is 7.79. The van der Waals surface area contributed by atoms with E-state index in [4.69, 9.17) is 23.2 Å². The van der Waals surface area contributed by atoms with Crippen molar-refractivity contribution in [2.24, 2.45) is 0 Å². The van der Waals surface area contributed by atoms with Crippen LogP contribution in [0, 0.1) is 0 Å². The van der Waals surface area contributed by atoms with E-state index in [0.29, 0.717) is 16.1 Å². The molecule has 0 saturated carbocycles. The summed E-state index contributed by atoms with van der Waals surface area (Å²) in [6.07, 6.45) is -4.51. The van der Waals surface area contributed by atoms with E-state index in [1.54, 1.807) is 24.3 Å². The number of hydrogen-bond donors (Lipinski definition) is 2. The zero-order valence-corrected chi connectivity index (χ0v) is 20.6. The average Bonchev–Trinajstić information content (AvgIpc) is 3.28. The lowest BCUT2D eigenvalue weighted by molar-refractivity contribution is -0.136. The first-order valence-corrected chi connectivity index (χ1v) is 12.9. The van der Waals surface area contributed by atoms with Gasteiger partial charge in [-0.3, -0.25) is 0 Å². The number of benzene rings is 3. The Morgan fingerprint density at radius 3 is 2.31 bits per heavy atom. The number of anilines is 2. The van der Waals surface area contributed by atoms with Crippen LogP contribution in [0.4, 0.5) is 24.0 Å². The van der Waals surface area contributed by atoms with Gasteiger partial charge in [0, 0.05) is 12.1 Å². The van der Waals surface area contributed by atoms with Crippen molar-refractivity contribution in [3.8, 4) is 10.6 Å². The number of aromatic nitrogens is 2. The highest BCUT2D eigenvalue weighted by Gasteiger charge is 2.33. The molecule has 2 N–H and O–H groups in total. The van der Waals surface area contributed by atoms with Crippen molar-refractivity contribution in [1.29, 1.82) is 0 Å². The maximum Gasteiger partial charge on any atom is 0.418 e. The highest BCUT2D eigenvalue weighted by atomic mass is 35.5. The fourth-order valence-electron chi connectivity index (χ4n) is 3.02. The molecule has 0 bridgehead atoms.